The van der Waals surface area contributed by atoms with Crippen LogP contribution < -0.4 is 4.90 Å². The fourth-order valence-electron chi connectivity index (χ4n) is 2.30. The second-order valence-corrected chi connectivity index (χ2v) is 5.36. The molecule has 0 aliphatic carbocycles. The van der Waals surface area contributed by atoms with Gasteiger partial charge in [0, 0.05) is 18.3 Å². The Hall–Kier alpha value is -1.62. The van der Waals surface area contributed by atoms with Crippen molar-refractivity contribution in [1.29, 1.82) is 0 Å². The molecule has 1 saturated heterocycles. The van der Waals surface area contributed by atoms with Crippen molar-refractivity contribution in [3.05, 3.63) is 36.5 Å². The summed E-state index contributed by atoms with van der Waals surface area (Å²) in [6.07, 6.45) is 2.37. The first-order valence-electron chi connectivity index (χ1n) is 6.24. The molecule has 1 aromatic carbocycles. The first kappa shape index (κ1) is 12.4. The van der Waals surface area contributed by atoms with Crippen LogP contribution in [0.25, 0.3) is 11.3 Å². The number of nitrogens with zero attached hydrogens (tertiary/aromatic N) is 2. The van der Waals surface area contributed by atoms with Gasteiger partial charge in [-0.25, -0.2) is 4.98 Å². The third-order valence-electron chi connectivity index (χ3n) is 3.33. The van der Waals surface area contributed by atoms with Crippen LogP contribution >= 0.6 is 15.9 Å². The Kier molecular flexibility index (Phi) is 3.38. The molecule has 3 rings (SSSR count). The van der Waals surface area contributed by atoms with Crippen molar-refractivity contribution in [2.24, 2.45) is 5.92 Å². The molecule has 0 spiro atoms. The molecule has 0 saturated carbocycles. The molecular weight excluding hydrogens is 306 g/mol. The van der Waals surface area contributed by atoms with E-state index in [0.29, 0.717) is 18.3 Å². The second kappa shape index (κ2) is 5.17. The van der Waals surface area contributed by atoms with Gasteiger partial charge in [-0.15, -0.1) is 0 Å². The number of carbonyl (C=O) groups is 1. The molecule has 19 heavy (non-hydrogen) atoms. The fourth-order valence-corrected chi connectivity index (χ4v) is 2.74. The average molecular weight is 320 g/mol. The van der Waals surface area contributed by atoms with Gasteiger partial charge < -0.3 is 4.98 Å². The fraction of sp³-hybridized carbons (Fsp3) is 0.286. The van der Waals surface area contributed by atoms with Crippen LogP contribution in [0.15, 0.2) is 36.5 Å². The summed E-state index contributed by atoms with van der Waals surface area (Å²) in [7, 11) is 0. The van der Waals surface area contributed by atoms with Gasteiger partial charge in [0.25, 0.3) is 0 Å². The van der Waals surface area contributed by atoms with Crippen LogP contribution in [0.2, 0.25) is 0 Å². The molecule has 2 heterocycles. The largest absolute Gasteiger partial charge is 0.324 e. The number of imidazole rings is 1. The highest BCUT2D eigenvalue weighted by molar-refractivity contribution is 9.09. The minimum atomic E-state index is 0.137. The zero-order chi connectivity index (χ0) is 13.2. The summed E-state index contributed by atoms with van der Waals surface area (Å²) in [4.78, 5) is 21.2. The Morgan fingerprint density at radius 1 is 1.37 bits per heavy atom. The predicted octanol–water partition coefficient (Wildman–Crippen LogP) is 2.82. The Balaban J connectivity index is 1.84. The number of carbonyl (C=O) groups excluding carboxylic acids is 1. The number of amides is 1. The predicted molar refractivity (Wildman–Crippen MR) is 78.3 cm³/mol. The molecule has 98 valence electrons. The molecule has 1 amide bonds. The highest BCUT2D eigenvalue weighted by Crippen LogP contribution is 2.26. The van der Waals surface area contributed by atoms with Gasteiger partial charge in [0.15, 0.2) is 0 Å². The number of aromatic nitrogens is 2. The molecule has 4 nitrogen and oxygen atoms in total. The Labute approximate surface area is 120 Å². The first-order valence-corrected chi connectivity index (χ1v) is 7.37. The molecule has 1 atom stereocenters. The maximum atomic E-state index is 11.9. The molecule has 1 unspecified atom stereocenters. The van der Waals surface area contributed by atoms with Crippen molar-refractivity contribution in [3.8, 4) is 11.3 Å². The molecule has 1 fully saturated rings. The molecule has 1 aliphatic heterocycles. The molecule has 1 aliphatic rings. The number of hydrogen-bond donors (Lipinski definition) is 1. The molecular formula is C14H14BrN3O. The summed E-state index contributed by atoms with van der Waals surface area (Å²) >= 11 is 3.44. The normalized spacial score (nSPS) is 19.1. The van der Waals surface area contributed by atoms with Crippen LogP contribution in [0, 0.1) is 5.92 Å². The van der Waals surface area contributed by atoms with Crippen LogP contribution in [0.5, 0.6) is 0 Å². The van der Waals surface area contributed by atoms with E-state index >= 15 is 0 Å². The zero-order valence-corrected chi connectivity index (χ0v) is 11.9. The SMILES string of the molecule is O=C1CC(CBr)CN1c1ncc(-c2ccccc2)[nH]1. The number of alkyl halides is 1. The number of anilines is 1. The number of benzene rings is 1. The van der Waals surface area contributed by atoms with Crippen molar-refractivity contribution in [2.45, 2.75) is 6.42 Å². The van der Waals surface area contributed by atoms with E-state index in [2.05, 4.69) is 25.9 Å². The summed E-state index contributed by atoms with van der Waals surface area (Å²) in [5.41, 5.74) is 2.01. The van der Waals surface area contributed by atoms with Gasteiger partial charge in [-0.1, -0.05) is 46.3 Å². The Morgan fingerprint density at radius 3 is 2.84 bits per heavy atom. The Morgan fingerprint density at radius 2 is 2.16 bits per heavy atom. The summed E-state index contributed by atoms with van der Waals surface area (Å²) < 4.78 is 0. The third kappa shape index (κ3) is 2.42. The van der Waals surface area contributed by atoms with E-state index < -0.39 is 0 Å². The van der Waals surface area contributed by atoms with Crippen molar-refractivity contribution in [1.82, 2.24) is 9.97 Å². The quantitative estimate of drug-likeness (QED) is 0.884. The maximum absolute atomic E-state index is 11.9. The van der Waals surface area contributed by atoms with Gasteiger partial charge >= 0.3 is 0 Å². The number of H-pyrrole nitrogens is 1. The minimum absolute atomic E-state index is 0.137. The van der Waals surface area contributed by atoms with E-state index in [1.807, 2.05) is 30.3 Å². The van der Waals surface area contributed by atoms with Crippen molar-refractivity contribution in [3.63, 3.8) is 0 Å². The van der Waals surface area contributed by atoms with Crippen LogP contribution in [0.3, 0.4) is 0 Å². The first-order chi connectivity index (χ1) is 9.28. The van der Waals surface area contributed by atoms with Crippen molar-refractivity contribution in [2.75, 3.05) is 16.8 Å². The van der Waals surface area contributed by atoms with E-state index in [9.17, 15) is 4.79 Å². The van der Waals surface area contributed by atoms with Crippen LogP contribution in [0.1, 0.15) is 6.42 Å². The van der Waals surface area contributed by atoms with Crippen molar-refractivity contribution >= 4 is 27.8 Å². The number of aromatic amines is 1. The van der Waals surface area contributed by atoms with E-state index in [4.69, 9.17) is 0 Å². The van der Waals surface area contributed by atoms with E-state index in [1.165, 1.54) is 0 Å². The monoisotopic (exact) mass is 319 g/mol. The summed E-state index contributed by atoms with van der Waals surface area (Å²) in [5.74, 6) is 1.16. The molecule has 0 bridgehead atoms. The number of hydrogen-bond acceptors (Lipinski definition) is 2. The van der Waals surface area contributed by atoms with E-state index in [0.717, 1.165) is 23.1 Å². The molecule has 1 aromatic heterocycles. The summed E-state index contributed by atoms with van der Waals surface area (Å²) in [6, 6.07) is 9.98. The summed E-state index contributed by atoms with van der Waals surface area (Å²) in [6.45, 7) is 0.728. The van der Waals surface area contributed by atoms with Gasteiger partial charge in [-0.3, -0.25) is 9.69 Å². The molecule has 0 radical (unpaired) electrons. The number of halogens is 1. The number of nitrogens with one attached hydrogen (secondary N) is 1. The second-order valence-electron chi connectivity index (χ2n) is 4.72. The van der Waals surface area contributed by atoms with Gasteiger partial charge in [-0.05, 0) is 11.5 Å². The molecule has 2 aromatic rings. The number of rotatable bonds is 3. The topological polar surface area (TPSA) is 49.0 Å². The summed E-state index contributed by atoms with van der Waals surface area (Å²) in [5, 5.41) is 0.849. The Bertz CT molecular complexity index is 581. The lowest BCUT2D eigenvalue weighted by atomic mass is 10.2. The van der Waals surface area contributed by atoms with E-state index in [-0.39, 0.29) is 5.91 Å². The molecule has 1 N–H and O–H groups in total. The van der Waals surface area contributed by atoms with Crippen LogP contribution in [-0.2, 0) is 4.79 Å². The van der Waals surface area contributed by atoms with Crippen molar-refractivity contribution < 1.29 is 4.79 Å². The lowest BCUT2D eigenvalue weighted by molar-refractivity contribution is -0.117. The molecule has 5 heteroatoms. The third-order valence-corrected chi connectivity index (χ3v) is 4.24. The lowest BCUT2D eigenvalue weighted by Gasteiger charge is -2.12. The van der Waals surface area contributed by atoms with Gasteiger partial charge in [0.2, 0.25) is 11.9 Å². The maximum Gasteiger partial charge on any atom is 0.229 e. The zero-order valence-electron chi connectivity index (χ0n) is 10.3. The van der Waals surface area contributed by atoms with Crippen LogP contribution in [0.4, 0.5) is 5.95 Å². The van der Waals surface area contributed by atoms with Gasteiger partial charge in [-0.2, -0.15) is 0 Å². The van der Waals surface area contributed by atoms with Gasteiger partial charge in [0.1, 0.15) is 0 Å². The van der Waals surface area contributed by atoms with Gasteiger partial charge in [0.05, 0.1) is 11.9 Å². The average Bonchev–Trinajstić information content (AvgIpc) is 3.06. The standard InChI is InChI=1S/C14H14BrN3O/c15-7-10-6-13(19)18(9-10)14-16-8-12(17-14)11-4-2-1-3-5-11/h1-5,8,10H,6-7,9H2,(H,16,17). The van der Waals surface area contributed by atoms with E-state index in [1.54, 1.807) is 11.1 Å². The van der Waals surface area contributed by atoms with Crippen LogP contribution in [-0.4, -0.2) is 27.7 Å². The lowest BCUT2D eigenvalue weighted by Crippen LogP contribution is -2.25. The smallest absolute Gasteiger partial charge is 0.229 e. The minimum Gasteiger partial charge on any atom is -0.324 e. The highest BCUT2D eigenvalue weighted by atomic mass is 79.9. The highest BCUT2D eigenvalue weighted by Gasteiger charge is 2.31.